The van der Waals surface area contributed by atoms with E-state index in [1.165, 1.54) is 90.7 Å². The monoisotopic (exact) mass is 836 g/mol. The van der Waals surface area contributed by atoms with Gasteiger partial charge in [0.25, 0.3) is 0 Å². The third kappa shape index (κ3) is 13.1. The Labute approximate surface area is 357 Å². The van der Waals surface area contributed by atoms with Gasteiger partial charge in [-0.25, -0.2) is 12.1 Å². The molecule has 0 nitrogen and oxygen atoms in total. The fraction of sp³-hybridized carbons (Fsp3) is 0.412. The van der Waals surface area contributed by atoms with Gasteiger partial charge in [0, 0.05) is 0 Å². The van der Waals surface area contributed by atoms with E-state index < -0.39 is 0 Å². The number of rotatable bonds is 6. The SMILES string of the molecule is CC(C)C[C](=[Zr+2])CC(C)C.Cc1cc(C)cc(-c2[c-]c3c(cc2C(C)(C)C)-c2cc(C(C)(C)C)c(-c4cc(C)cc(C)c4)cc2C3)c1.[Cl-].[Cl-].c1cc[cH-]c1. The van der Waals surface area contributed by atoms with E-state index in [1.54, 1.807) is 27.4 Å². The van der Waals surface area contributed by atoms with Crippen molar-refractivity contribution in [1.29, 1.82) is 0 Å². The van der Waals surface area contributed by atoms with E-state index >= 15 is 0 Å². The smallest absolute Gasteiger partial charge is 0.0126 e. The van der Waals surface area contributed by atoms with E-state index in [0.717, 1.165) is 18.3 Å². The van der Waals surface area contributed by atoms with Crippen molar-refractivity contribution in [2.24, 2.45) is 11.8 Å². The third-order valence-electron chi connectivity index (χ3n) is 9.58. The van der Waals surface area contributed by atoms with Crippen LogP contribution in [0.1, 0.15) is 127 Å². The molecule has 3 heteroatoms. The first-order valence-corrected chi connectivity index (χ1v) is 20.6. The first-order chi connectivity index (χ1) is 24.2. The predicted octanol–water partition coefficient (Wildman–Crippen LogP) is 8.43. The van der Waals surface area contributed by atoms with E-state index in [0.29, 0.717) is 0 Å². The van der Waals surface area contributed by atoms with Crippen LogP contribution >= 0.6 is 0 Å². The summed E-state index contributed by atoms with van der Waals surface area (Å²) in [7, 11) is 0. The van der Waals surface area contributed by atoms with Crippen molar-refractivity contribution in [1.82, 2.24) is 0 Å². The van der Waals surface area contributed by atoms with Gasteiger partial charge in [-0.15, -0.1) is 28.8 Å². The molecule has 0 aliphatic heterocycles. The van der Waals surface area contributed by atoms with Gasteiger partial charge in [-0.2, -0.15) is 18.2 Å². The Bertz CT molecular complexity index is 1790. The molecule has 0 bridgehead atoms. The van der Waals surface area contributed by atoms with Crippen molar-refractivity contribution in [3.8, 4) is 33.4 Å². The van der Waals surface area contributed by atoms with E-state index in [4.69, 9.17) is 0 Å². The second-order valence-electron chi connectivity index (χ2n) is 18.2. The first kappa shape index (κ1) is 47.7. The van der Waals surface area contributed by atoms with Crippen LogP contribution in [0.25, 0.3) is 33.4 Å². The molecule has 0 spiro atoms. The van der Waals surface area contributed by atoms with E-state index in [-0.39, 0.29) is 35.6 Å². The van der Waals surface area contributed by atoms with Crippen LogP contribution < -0.4 is 24.8 Å². The molecule has 54 heavy (non-hydrogen) atoms. The zero-order chi connectivity index (χ0) is 38.5. The van der Waals surface area contributed by atoms with Gasteiger partial charge >= 0.3 is 79.8 Å². The number of hydrogen-bond donors (Lipinski definition) is 0. The molecule has 288 valence electrons. The van der Waals surface area contributed by atoms with Crippen molar-refractivity contribution in [3.05, 3.63) is 136 Å². The quantitative estimate of drug-likeness (QED) is 0.148. The summed E-state index contributed by atoms with van der Waals surface area (Å²) in [5.41, 5.74) is 18.9. The summed E-state index contributed by atoms with van der Waals surface area (Å²) in [5, 5.41) is 0. The van der Waals surface area contributed by atoms with Gasteiger partial charge in [0.05, 0.1) is 0 Å². The minimum atomic E-state index is 0. The molecule has 0 unspecified atom stereocenters. The van der Waals surface area contributed by atoms with Crippen LogP contribution in [0, 0.1) is 45.6 Å². The van der Waals surface area contributed by atoms with Gasteiger partial charge in [0.15, 0.2) is 0 Å². The zero-order valence-corrected chi connectivity index (χ0v) is 39.6. The van der Waals surface area contributed by atoms with Crippen LogP contribution in [0.15, 0.2) is 84.9 Å². The Morgan fingerprint density at radius 3 is 1.46 bits per heavy atom. The van der Waals surface area contributed by atoms with Gasteiger partial charge in [0.2, 0.25) is 0 Å². The van der Waals surface area contributed by atoms with Crippen LogP contribution in [-0.4, -0.2) is 3.21 Å². The predicted molar refractivity (Wildman–Crippen MR) is 227 cm³/mol. The molecule has 0 saturated carbocycles. The van der Waals surface area contributed by atoms with Gasteiger partial charge in [-0.05, 0) is 67.2 Å². The number of halogens is 2. The normalized spacial score (nSPS) is 11.7. The molecular formula is C51H64Cl2Zr-2. The Morgan fingerprint density at radius 1 is 0.611 bits per heavy atom. The van der Waals surface area contributed by atoms with Crippen molar-refractivity contribution in [2.45, 2.75) is 127 Å². The van der Waals surface area contributed by atoms with E-state index in [9.17, 15) is 0 Å². The summed E-state index contributed by atoms with van der Waals surface area (Å²) in [4.78, 5) is 0. The summed E-state index contributed by atoms with van der Waals surface area (Å²) in [5.74, 6) is 1.71. The maximum absolute atomic E-state index is 3.95. The molecule has 0 amide bonds. The van der Waals surface area contributed by atoms with Crippen LogP contribution in [-0.2, 0) is 41.5 Å². The van der Waals surface area contributed by atoms with Crippen LogP contribution in [0.2, 0.25) is 0 Å². The molecule has 0 atom stereocenters. The molecule has 0 fully saturated rings. The zero-order valence-electron chi connectivity index (χ0n) is 35.6. The van der Waals surface area contributed by atoms with Crippen molar-refractivity contribution in [2.75, 3.05) is 0 Å². The number of aryl methyl sites for hydroxylation is 4. The van der Waals surface area contributed by atoms with E-state index in [2.05, 4.69) is 158 Å². The maximum atomic E-state index is 3.95. The number of hydrogen-bond acceptors (Lipinski definition) is 0. The van der Waals surface area contributed by atoms with Crippen molar-refractivity contribution >= 4 is 3.21 Å². The van der Waals surface area contributed by atoms with Crippen LogP contribution in [0.4, 0.5) is 0 Å². The summed E-state index contributed by atoms with van der Waals surface area (Å²) in [6.07, 6.45) is 3.63. The minimum Gasteiger partial charge on any atom is -1.00 e. The standard InChI is InChI=1S/C37H41.C9H18.C5H5.2ClH.Zr/c1-22-11-23(2)14-26(13-22)32-18-28-17-29-19-33(27-15-24(3)12-25(4)16-27)35(37(8,9)10)21-31(29)30(28)20-34(32)36(5,6)7;1-8(2)6-5-7-9(3)4;1-2-4-5-3-1;;;/h11-16,18,20-21H,17H2,1-10H3;8-9H,6-7H2,1-4H3;1-5H;2*1H;/q-1;;-1;;;+2/p-2. The Hall–Kier alpha value is -2.44. The first-order valence-electron chi connectivity index (χ1n) is 19.4. The summed E-state index contributed by atoms with van der Waals surface area (Å²) < 4.78 is 1.75. The average Bonchev–Trinajstić information content (AvgIpc) is 3.69. The summed E-state index contributed by atoms with van der Waals surface area (Å²) in [6, 6.07) is 35.2. The molecule has 0 radical (unpaired) electrons. The number of benzene rings is 4. The van der Waals surface area contributed by atoms with Crippen molar-refractivity contribution in [3.63, 3.8) is 0 Å². The topological polar surface area (TPSA) is 0 Å². The molecule has 0 saturated heterocycles. The second kappa shape index (κ2) is 20.1. The molecule has 6 rings (SSSR count). The summed E-state index contributed by atoms with van der Waals surface area (Å²) in [6.45, 7) is 32.0. The average molecular weight is 839 g/mol. The van der Waals surface area contributed by atoms with Gasteiger partial charge in [-0.3, -0.25) is 0 Å². The molecule has 0 aromatic heterocycles. The summed E-state index contributed by atoms with van der Waals surface area (Å²) >= 11 is 1.65. The van der Waals surface area contributed by atoms with E-state index in [1.807, 2.05) is 30.3 Å². The third-order valence-corrected chi connectivity index (χ3v) is 10.6. The number of fused-ring (bicyclic) bond motifs is 3. The largest absolute Gasteiger partial charge is 1.00 e. The Balaban J connectivity index is 0.000000498. The van der Waals surface area contributed by atoms with Gasteiger partial charge < -0.3 is 24.8 Å². The fourth-order valence-electron chi connectivity index (χ4n) is 7.52. The Kier molecular flexibility index (Phi) is 17.8. The molecule has 0 heterocycles. The molecule has 1 aliphatic rings. The van der Waals surface area contributed by atoms with Gasteiger partial charge in [0.1, 0.15) is 0 Å². The molecule has 5 aromatic rings. The minimum absolute atomic E-state index is 0. The van der Waals surface area contributed by atoms with Crippen molar-refractivity contribution < 1.29 is 49.0 Å². The van der Waals surface area contributed by atoms with Crippen LogP contribution in [0.5, 0.6) is 0 Å². The van der Waals surface area contributed by atoms with Crippen LogP contribution in [0.3, 0.4) is 0 Å². The molecule has 1 aliphatic carbocycles. The maximum Gasteiger partial charge on any atom is -0.0126 e. The molecule has 0 N–H and O–H groups in total. The second-order valence-corrected chi connectivity index (χ2v) is 19.9. The molecular weight excluding hydrogens is 775 g/mol. The van der Waals surface area contributed by atoms with Gasteiger partial charge in [-0.1, -0.05) is 129 Å². The fourth-order valence-corrected chi connectivity index (χ4v) is 9.53. The Morgan fingerprint density at radius 2 is 1.06 bits per heavy atom. The molecule has 5 aromatic carbocycles.